The molecule has 0 bridgehead atoms. The number of benzene rings is 1. The van der Waals surface area contributed by atoms with E-state index < -0.39 is 11.2 Å². The Hall–Kier alpha value is -1.42. The van der Waals surface area contributed by atoms with E-state index in [1.165, 1.54) is 12.2 Å². The molecule has 0 fully saturated rings. The number of hydrogen-bond acceptors (Lipinski definition) is 3. The summed E-state index contributed by atoms with van der Waals surface area (Å²) in [6.07, 6.45) is 2.88. The van der Waals surface area contributed by atoms with E-state index in [1.807, 2.05) is 6.07 Å². The van der Waals surface area contributed by atoms with Gasteiger partial charge in [-0.15, -0.1) is 0 Å². The molecule has 1 rings (SSSR count). The van der Waals surface area contributed by atoms with Crippen LogP contribution in [0.4, 0.5) is 0 Å². The normalized spacial score (nSPS) is 15.6. The standard InChI is InChI=1S/C15H20O3/c1-12(14(2,3)17)15(18,10-7-11-16)13-8-5-4-6-9-13/h4-10,16-18H,1,11H2,2-3H3/b10-7-. The molecule has 0 saturated carbocycles. The van der Waals surface area contributed by atoms with E-state index in [0.717, 1.165) is 0 Å². The maximum absolute atomic E-state index is 10.8. The molecule has 1 aromatic carbocycles. The molecule has 1 atom stereocenters. The smallest absolute Gasteiger partial charge is 0.132 e. The maximum atomic E-state index is 10.8. The molecule has 0 aliphatic heterocycles. The second kappa shape index (κ2) is 5.48. The van der Waals surface area contributed by atoms with Crippen LogP contribution in [0.5, 0.6) is 0 Å². The Balaban J connectivity index is 3.28. The zero-order chi connectivity index (χ0) is 13.8. The molecule has 0 saturated heterocycles. The van der Waals surface area contributed by atoms with E-state index in [1.54, 1.807) is 38.1 Å². The highest BCUT2D eigenvalue weighted by Gasteiger charge is 2.37. The van der Waals surface area contributed by atoms with Gasteiger partial charge in [0.25, 0.3) is 0 Å². The van der Waals surface area contributed by atoms with Gasteiger partial charge in [0.1, 0.15) is 5.60 Å². The van der Waals surface area contributed by atoms with Gasteiger partial charge in [-0.05, 0) is 31.1 Å². The van der Waals surface area contributed by atoms with Crippen molar-refractivity contribution in [2.24, 2.45) is 0 Å². The third kappa shape index (κ3) is 3.07. The van der Waals surface area contributed by atoms with Crippen molar-refractivity contribution in [1.82, 2.24) is 0 Å². The minimum absolute atomic E-state index is 0.186. The molecule has 0 radical (unpaired) electrons. The highest BCUT2D eigenvalue weighted by Crippen LogP contribution is 2.36. The fraction of sp³-hybridized carbons (Fsp3) is 0.333. The molecule has 1 unspecified atom stereocenters. The van der Waals surface area contributed by atoms with Crippen molar-refractivity contribution < 1.29 is 15.3 Å². The van der Waals surface area contributed by atoms with E-state index in [-0.39, 0.29) is 12.2 Å². The first kappa shape index (κ1) is 14.6. The van der Waals surface area contributed by atoms with Gasteiger partial charge >= 0.3 is 0 Å². The molecule has 3 nitrogen and oxygen atoms in total. The van der Waals surface area contributed by atoms with Crippen molar-refractivity contribution in [3.8, 4) is 0 Å². The van der Waals surface area contributed by atoms with Crippen LogP contribution in [0.25, 0.3) is 0 Å². The second-order valence-electron chi connectivity index (χ2n) is 4.75. The van der Waals surface area contributed by atoms with Crippen molar-refractivity contribution in [2.45, 2.75) is 25.0 Å². The molecule has 0 aromatic heterocycles. The minimum atomic E-state index is -1.50. The van der Waals surface area contributed by atoms with Crippen molar-refractivity contribution in [1.29, 1.82) is 0 Å². The van der Waals surface area contributed by atoms with Gasteiger partial charge in [-0.1, -0.05) is 43.0 Å². The summed E-state index contributed by atoms with van der Waals surface area (Å²) >= 11 is 0. The Morgan fingerprint density at radius 1 is 1.22 bits per heavy atom. The number of hydrogen-bond donors (Lipinski definition) is 3. The second-order valence-corrected chi connectivity index (χ2v) is 4.75. The zero-order valence-corrected chi connectivity index (χ0v) is 10.8. The van der Waals surface area contributed by atoms with Gasteiger partial charge in [-0.3, -0.25) is 0 Å². The molecule has 0 heterocycles. The highest BCUT2D eigenvalue weighted by atomic mass is 16.3. The van der Waals surface area contributed by atoms with Crippen molar-refractivity contribution in [2.75, 3.05) is 6.61 Å². The lowest BCUT2D eigenvalue weighted by atomic mass is 9.79. The summed E-state index contributed by atoms with van der Waals surface area (Å²) in [7, 11) is 0. The average Bonchev–Trinajstić information content (AvgIpc) is 2.35. The predicted molar refractivity (Wildman–Crippen MR) is 72.0 cm³/mol. The molecule has 0 aliphatic rings. The van der Waals surface area contributed by atoms with Crippen LogP contribution in [-0.4, -0.2) is 27.5 Å². The Kier molecular flexibility index (Phi) is 4.46. The quantitative estimate of drug-likeness (QED) is 0.696. The highest BCUT2D eigenvalue weighted by molar-refractivity contribution is 5.40. The Labute approximate surface area is 108 Å². The first-order valence-corrected chi connectivity index (χ1v) is 5.81. The van der Waals surface area contributed by atoms with E-state index in [2.05, 4.69) is 6.58 Å². The summed E-state index contributed by atoms with van der Waals surface area (Å²) in [4.78, 5) is 0. The summed E-state index contributed by atoms with van der Waals surface area (Å²) in [5, 5.41) is 29.7. The molecule has 1 aromatic rings. The molecule has 98 valence electrons. The van der Waals surface area contributed by atoms with Gasteiger partial charge in [0.05, 0.1) is 12.2 Å². The zero-order valence-electron chi connectivity index (χ0n) is 10.8. The molecule has 3 heteroatoms. The summed E-state index contributed by atoms with van der Waals surface area (Å²) in [5.41, 5.74) is -1.88. The van der Waals surface area contributed by atoms with E-state index in [9.17, 15) is 10.2 Å². The van der Waals surface area contributed by atoms with Crippen molar-refractivity contribution in [3.05, 3.63) is 60.2 Å². The van der Waals surface area contributed by atoms with Crippen LogP contribution in [0.2, 0.25) is 0 Å². The molecular formula is C15H20O3. The third-order valence-electron chi connectivity index (χ3n) is 2.88. The monoisotopic (exact) mass is 248 g/mol. The molecule has 0 spiro atoms. The van der Waals surface area contributed by atoms with Crippen molar-refractivity contribution >= 4 is 0 Å². The lowest BCUT2D eigenvalue weighted by Gasteiger charge is -2.34. The van der Waals surface area contributed by atoms with Gasteiger partial charge < -0.3 is 15.3 Å². The van der Waals surface area contributed by atoms with Gasteiger partial charge in [-0.25, -0.2) is 0 Å². The topological polar surface area (TPSA) is 60.7 Å². The van der Waals surface area contributed by atoms with Crippen LogP contribution in [0.3, 0.4) is 0 Å². The van der Waals surface area contributed by atoms with Crippen LogP contribution in [0, 0.1) is 0 Å². The maximum Gasteiger partial charge on any atom is 0.132 e. The minimum Gasteiger partial charge on any atom is -0.392 e. The Morgan fingerprint density at radius 2 is 1.78 bits per heavy atom. The average molecular weight is 248 g/mol. The summed E-state index contributed by atoms with van der Waals surface area (Å²) in [5.74, 6) is 0. The Bertz CT molecular complexity index is 429. The lowest BCUT2D eigenvalue weighted by molar-refractivity contribution is 0.0461. The van der Waals surface area contributed by atoms with Gasteiger partial charge in [0, 0.05) is 0 Å². The Morgan fingerprint density at radius 3 is 2.22 bits per heavy atom. The van der Waals surface area contributed by atoms with E-state index in [0.29, 0.717) is 5.56 Å². The molecular weight excluding hydrogens is 228 g/mol. The molecule has 3 N–H and O–H groups in total. The van der Waals surface area contributed by atoms with Gasteiger partial charge in [-0.2, -0.15) is 0 Å². The fourth-order valence-electron chi connectivity index (χ4n) is 1.75. The van der Waals surface area contributed by atoms with E-state index >= 15 is 0 Å². The van der Waals surface area contributed by atoms with Crippen molar-refractivity contribution in [3.63, 3.8) is 0 Å². The van der Waals surface area contributed by atoms with Crippen LogP contribution < -0.4 is 0 Å². The number of aliphatic hydroxyl groups is 3. The molecule has 0 aliphatic carbocycles. The summed E-state index contributed by atoms with van der Waals surface area (Å²) < 4.78 is 0. The van der Waals surface area contributed by atoms with Crippen LogP contribution in [-0.2, 0) is 5.60 Å². The van der Waals surface area contributed by atoms with Crippen LogP contribution in [0.15, 0.2) is 54.6 Å². The fourth-order valence-corrected chi connectivity index (χ4v) is 1.75. The number of aliphatic hydroxyl groups excluding tert-OH is 1. The summed E-state index contributed by atoms with van der Waals surface area (Å²) in [6, 6.07) is 8.93. The number of rotatable bonds is 5. The third-order valence-corrected chi connectivity index (χ3v) is 2.88. The lowest BCUT2D eigenvalue weighted by Crippen LogP contribution is -2.37. The van der Waals surface area contributed by atoms with Crippen LogP contribution >= 0.6 is 0 Å². The molecule has 0 amide bonds. The summed E-state index contributed by atoms with van der Waals surface area (Å²) in [6.45, 7) is 6.74. The first-order valence-electron chi connectivity index (χ1n) is 5.81. The SMILES string of the molecule is C=C(C(C)(C)O)C(O)(/C=C\CO)c1ccccc1. The molecule has 18 heavy (non-hydrogen) atoms. The first-order chi connectivity index (χ1) is 8.32. The van der Waals surface area contributed by atoms with E-state index in [4.69, 9.17) is 5.11 Å². The van der Waals surface area contributed by atoms with Crippen LogP contribution in [0.1, 0.15) is 19.4 Å². The predicted octanol–water partition coefficient (Wildman–Crippen LogP) is 1.75. The largest absolute Gasteiger partial charge is 0.392 e. The van der Waals surface area contributed by atoms with Gasteiger partial charge in [0.2, 0.25) is 0 Å². The van der Waals surface area contributed by atoms with Gasteiger partial charge in [0.15, 0.2) is 0 Å².